The van der Waals surface area contributed by atoms with Gasteiger partial charge in [-0.3, -0.25) is 4.99 Å². The van der Waals surface area contributed by atoms with E-state index in [1.807, 2.05) is 11.8 Å². The molecular weight excluding hydrogens is 331 g/mol. The Morgan fingerprint density at radius 1 is 1.56 bits per heavy atom. The fourth-order valence-electron chi connectivity index (χ4n) is 1.47. The van der Waals surface area contributed by atoms with Crippen LogP contribution in [0.3, 0.4) is 0 Å². The summed E-state index contributed by atoms with van der Waals surface area (Å²) < 4.78 is 1.24. The molecule has 4 heteroatoms. The topological polar surface area (TPSA) is 24.4 Å². The van der Waals surface area contributed by atoms with Crippen molar-refractivity contribution in [2.45, 2.75) is 25.8 Å². The molecular formula is C12H15IN2S. The van der Waals surface area contributed by atoms with Crippen molar-refractivity contribution >= 4 is 45.2 Å². The van der Waals surface area contributed by atoms with Crippen LogP contribution in [-0.2, 0) is 0 Å². The van der Waals surface area contributed by atoms with Crippen LogP contribution in [0.15, 0.2) is 29.3 Å². The number of amidine groups is 1. The number of hydrogen-bond acceptors (Lipinski definition) is 3. The SMILES string of the molecule is CCC1(C)CSC(Nc2cccc(I)c2)=N1. The van der Waals surface area contributed by atoms with Gasteiger partial charge in [0.25, 0.3) is 0 Å². The Morgan fingerprint density at radius 3 is 3.00 bits per heavy atom. The van der Waals surface area contributed by atoms with Gasteiger partial charge in [0.2, 0.25) is 0 Å². The fourth-order valence-corrected chi connectivity index (χ4v) is 3.20. The first kappa shape index (κ1) is 12.2. The molecule has 0 saturated heterocycles. The molecule has 0 bridgehead atoms. The molecule has 1 N–H and O–H groups in total. The van der Waals surface area contributed by atoms with Crippen molar-refractivity contribution in [2.24, 2.45) is 4.99 Å². The van der Waals surface area contributed by atoms with Crippen LogP contribution in [0.2, 0.25) is 0 Å². The maximum absolute atomic E-state index is 4.73. The number of halogens is 1. The molecule has 1 aliphatic rings. The summed E-state index contributed by atoms with van der Waals surface area (Å²) in [5.74, 6) is 1.08. The average molecular weight is 346 g/mol. The highest BCUT2D eigenvalue weighted by molar-refractivity contribution is 14.1. The standard InChI is InChI=1S/C12H15IN2S/c1-3-12(2)8-16-11(15-12)14-10-6-4-5-9(13)7-10/h4-7H,3,8H2,1-2H3,(H,14,15). The summed E-state index contributed by atoms with van der Waals surface area (Å²) in [7, 11) is 0. The van der Waals surface area contributed by atoms with Gasteiger partial charge in [-0.05, 0) is 54.1 Å². The Kier molecular flexibility index (Phi) is 3.79. The van der Waals surface area contributed by atoms with E-state index in [0.717, 1.165) is 23.0 Å². The van der Waals surface area contributed by atoms with Gasteiger partial charge in [0.05, 0.1) is 5.54 Å². The summed E-state index contributed by atoms with van der Waals surface area (Å²) in [5, 5.41) is 4.43. The zero-order valence-corrected chi connectivity index (χ0v) is 12.4. The number of nitrogens with one attached hydrogen (secondary N) is 1. The normalized spacial score (nSPS) is 24.3. The van der Waals surface area contributed by atoms with Gasteiger partial charge in [-0.25, -0.2) is 0 Å². The number of aliphatic imine (C=N–C) groups is 1. The van der Waals surface area contributed by atoms with Gasteiger partial charge in [0.15, 0.2) is 5.17 Å². The molecule has 1 heterocycles. The minimum Gasteiger partial charge on any atom is -0.335 e. The molecule has 1 aromatic carbocycles. The maximum atomic E-state index is 4.73. The Balaban J connectivity index is 2.09. The molecule has 1 unspecified atom stereocenters. The van der Waals surface area contributed by atoms with Crippen molar-refractivity contribution in [2.75, 3.05) is 11.1 Å². The van der Waals surface area contributed by atoms with Crippen molar-refractivity contribution in [3.8, 4) is 0 Å². The average Bonchev–Trinajstić information content (AvgIpc) is 2.61. The molecule has 2 nitrogen and oxygen atoms in total. The number of rotatable bonds is 2. The second-order valence-corrected chi connectivity index (χ2v) is 6.40. The number of anilines is 1. The first-order valence-corrected chi connectivity index (χ1v) is 7.43. The van der Waals surface area contributed by atoms with Crippen molar-refractivity contribution in [3.05, 3.63) is 27.8 Å². The summed E-state index contributed by atoms with van der Waals surface area (Å²) in [6, 6.07) is 8.35. The van der Waals surface area contributed by atoms with Crippen molar-refractivity contribution < 1.29 is 0 Å². The minimum atomic E-state index is 0.120. The number of thioether (sulfide) groups is 1. The Labute approximate surface area is 114 Å². The van der Waals surface area contributed by atoms with Crippen LogP contribution < -0.4 is 5.32 Å². The van der Waals surface area contributed by atoms with Gasteiger partial charge in [-0.15, -0.1) is 0 Å². The Bertz CT molecular complexity index is 419. The van der Waals surface area contributed by atoms with E-state index in [9.17, 15) is 0 Å². The van der Waals surface area contributed by atoms with Crippen LogP contribution in [-0.4, -0.2) is 16.5 Å². The summed E-state index contributed by atoms with van der Waals surface area (Å²) in [5.41, 5.74) is 1.24. The van der Waals surface area contributed by atoms with E-state index in [1.54, 1.807) is 0 Å². The van der Waals surface area contributed by atoms with E-state index in [-0.39, 0.29) is 5.54 Å². The lowest BCUT2D eigenvalue weighted by molar-refractivity contribution is 0.523. The highest BCUT2D eigenvalue weighted by Crippen LogP contribution is 2.30. The van der Waals surface area contributed by atoms with E-state index >= 15 is 0 Å². The Hall–Kier alpha value is -0.230. The van der Waals surface area contributed by atoms with E-state index in [1.165, 1.54) is 3.57 Å². The molecule has 1 atom stereocenters. The predicted molar refractivity (Wildman–Crippen MR) is 81.4 cm³/mol. The van der Waals surface area contributed by atoms with Crippen molar-refractivity contribution in [1.29, 1.82) is 0 Å². The van der Waals surface area contributed by atoms with E-state index < -0.39 is 0 Å². The highest BCUT2D eigenvalue weighted by atomic mass is 127. The minimum absolute atomic E-state index is 0.120. The maximum Gasteiger partial charge on any atom is 0.161 e. The first-order valence-electron chi connectivity index (χ1n) is 5.36. The van der Waals surface area contributed by atoms with Gasteiger partial charge in [-0.1, -0.05) is 24.8 Å². The third kappa shape index (κ3) is 2.91. The number of hydrogen-bond donors (Lipinski definition) is 1. The van der Waals surface area contributed by atoms with Crippen LogP contribution in [0, 0.1) is 3.57 Å². The molecule has 1 aliphatic heterocycles. The third-order valence-corrected chi connectivity index (χ3v) is 4.63. The first-order chi connectivity index (χ1) is 7.61. The lowest BCUT2D eigenvalue weighted by atomic mass is 10.0. The second-order valence-electron chi connectivity index (χ2n) is 4.19. The van der Waals surface area contributed by atoms with Crippen LogP contribution in [0.1, 0.15) is 20.3 Å². The smallest absolute Gasteiger partial charge is 0.161 e. The van der Waals surface area contributed by atoms with Crippen LogP contribution >= 0.6 is 34.4 Å². The molecule has 0 spiro atoms. The lowest BCUT2D eigenvalue weighted by Crippen LogP contribution is -2.20. The molecule has 0 fully saturated rings. The lowest BCUT2D eigenvalue weighted by Gasteiger charge is -2.15. The summed E-state index contributed by atoms with van der Waals surface area (Å²) in [4.78, 5) is 4.73. The zero-order chi connectivity index (χ0) is 11.6. The van der Waals surface area contributed by atoms with Crippen LogP contribution in [0.5, 0.6) is 0 Å². The number of benzene rings is 1. The summed E-state index contributed by atoms with van der Waals surface area (Å²) >= 11 is 4.13. The van der Waals surface area contributed by atoms with Gasteiger partial charge >= 0.3 is 0 Å². The van der Waals surface area contributed by atoms with Crippen molar-refractivity contribution in [1.82, 2.24) is 0 Å². The van der Waals surface area contributed by atoms with Gasteiger partial charge in [0.1, 0.15) is 0 Å². The summed E-state index contributed by atoms with van der Waals surface area (Å²) in [6.07, 6.45) is 1.09. The molecule has 1 aromatic rings. The van der Waals surface area contributed by atoms with Gasteiger partial charge in [0, 0.05) is 15.0 Å². The quantitative estimate of drug-likeness (QED) is 0.820. The molecule has 0 aromatic heterocycles. The zero-order valence-electron chi connectivity index (χ0n) is 9.46. The van der Waals surface area contributed by atoms with E-state index in [0.29, 0.717) is 0 Å². The van der Waals surface area contributed by atoms with Crippen molar-refractivity contribution in [3.63, 3.8) is 0 Å². The second kappa shape index (κ2) is 4.96. The fraction of sp³-hybridized carbons (Fsp3) is 0.417. The monoisotopic (exact) mass is 346 g/mol. The molecule has 0 saturated carbocycles. The molecule has 86 valence electrons. The number of nitrogens with zero attached hydrogens (tertiary/aromatic N) is 1. The third-order valence-electron chi connectivity index (χ3n) is 2.73. The largest absolute Gasteiger partial charge is 0.335 e. The predicted octanol–water partition coefficient (Wildman–Crippen LogP) is 3.97. The Morgan fingerprint density at radius 2 is 2.38 bits per heavy atom. The van der Waals surface area contributed by atoms with Crippen LogP contribution in [0.4, 0.5) is 5.69 Å². The molecule has 2 rings (SSSR count). The molecule has 0 radical (unpaired) electrons. The van der Waals surface area contributed by atoms with Gasteiger partial charge < -0.3 is 5.32 Å². The summed E-state index contributed by atoms with van der Waals surface area (Å²) in [6.45, 7) is 4.40. The molecule has 0 aliphatic carbocycles. The van der Waals surface area contributed by atoms with Crippen LogP contribution in [0.25, 0.3) is 0 Å². The molecule has 16 heavy (non-hydrogen) atoms. The van der Waals surface area contributed by atoms with Gasteiger partial charge in [-0.2, -0.15) is 0 Å². The highest BCUT2D eigenvalue weighted by Gasteiger charge is 2.28. The molecule has 0 amide bonds. The van der Waals surface area contributed by atoms with E-state index in [2.05, 4.69) is 66.0 Å². The van der Waals surface area contributed by atoms with E-state index in [4.69, 9.17) is 4.99 Å².